The van der Waals surface area contributed by atoms with Crippen molar-refractivity contribution in [3.63, 3.8) is 0 Å². The Bertz CT molecular complexity index is 679. The monoisotopic (exact) mass is 334 g/mol. The highest BCUT2D eigenvalue weighted by molar-refractivity contribution is 7.13. The zero-order chi connectivity index (χ0) is 16.4. The molecule has 2 atom stereocenters. The minimum atomic E-state index is -0.0675. The van der Waals surface area contributed by atoms with Gasteiger partial charge < -0.3 is 14.4 Å². The molecule has 1 fully saturated rings. The van der Waals surface area contributed by atoms with Gasteiger partial charge in [0.25, 0.3) is 0 Å². The van der Waals surface area contributed by atoms with Crippen LogP contribution in [0.3, 0.4) is 0 Å². The van der Waals surface area contributed by atoms with E-state index in [-0.39, 0.29) is 25.0 Å². The first-order valence-corrected chi connectivity index (χ1v) is 8.88. The molecule has 1 amide bonds. The summed E-state index contributed by atoms with van der Waals surface area (Å²) in [5, 5.41) is 12.3. The summed E-state index contributed by atoms with van der Waals surface area (Å²) in [6.45, 7) is 4.75. The highest BCUT2D eigenvalue weighted by Crippen LogP contribution is 2.27. The number of rotatable bonds is 4. The van der Waals surface area contributed by atoms with Crippen molar-refractivity contribution in [2.24, 2.45) is 5.92 Å². The standard InChI is InChI=1S/C17H22N2O3S/c1-11-4-3-7-19(14(11)9-20)16(21)8-13-10-23-17(18-13)15-6-5-12(2)22-15/h5-6,10-11,14,20H,3-4,7-9H2,1-2H3. The molecule has 1 N–H and O–H groups in total. The van der Waals surface area contributed by atoms with Crippen LogP contribution in [0.5, 0.6) is 0 Å². The Labute approximate surface area is 140 Å². The smallest absolute Gasteiger partial charge is 0.228 e. The van der Waals surface area contributed by atoms with Crippen LogP contribution in [0.15, 0.2) is 21.9 Å². The summed E-state index contributed by atoms with van der Waals surface area (Å²) in [4.78, 5) is 18.9. The van der Waals surface area contributed by atoms with Crippen molar-refractivity contribution < 1.29 is 14.3 Å². The number of furan rings is 1. The molecule has 124 valence electrons. The van der Waals surface area contributed by atoms with Crippen molar-refractivity contribution in [2.45, 2.75) is 39.2 Å². The van der Waals surface area contributed by atoms with Crippen LogP contribution in [0.25, 0.3) is 10.8 Å². The Hall–Kier alpha value is -1.66. The number of likely N-dealkylation sites (tertiary alicyclic amines) is 1. The highest BCUT2D eigenvalue weighted by Gasteiger charge is 2.31. The van der Waals surface area contributed by atoms with Gasteiger partial charge in [0.1, 0.15) is 5.76 Å². The fourth-order valence-electron chi connectivity index (χ4n) is 3.14. The summed E-state index contributed by atoms with van der Waals surface area (Å²) in [5.74, 6) is 1.98. The molecule has 1 aliphatic rings. The summed E-state index contributed by atoms with van der Waals surface area (Å²) in [6, 6.07) is 3.73. The third kappa shape index (κ3) is 3.48. The molecule has 6 heteroatoms. The largest absolute Gasteiger partial charge is 0.459 e. The first kappa shape index (κ1) is 16.2. The van der Waals surface area contributed by atoms with Gasteiger partial charge in [0.05, 0.1) is 24.8 Å². The van der Waals surface area contributed by atoms with Crippen LogP contribution in [-0.4, -0.2) is 40.1 Å². The normalized spacial score (nSPS) is 21.6. The second kappa shape index (κ2) is 6.84. The average Bonchev–Trinajstić information content (AvgIpc) is 3.16. The van der Waals surface area contributed by atoms with Crippen molar-refractivity contribution in [3.8, 4) is 10.8 Å². The average molecular weight is 334 g/mol. The Morgan fingerprint density at radius 1 is 1.52 bits per heavy atom. The number of aliphatic hydroxyl groups is 1. The van der Waals surface area contributed by atoms with Crippen molar-refractivity contribution in [1.29, 1.82) is 0 Å². The van der Waals surface area contributed by atoms with E-state index in [4.69, 9.17) is 4.42 Å². The number of carbonyl (C=O) groups excluding carboxylic acids is 1. The van der Waals surface area contributed by atoms with E-state index in [1.54, 1.807) is 0 Å². The van der Waals surface area contributed by atoms with Gasteiger partial charge >= 0.3 is 0 Å². The fraction of sp³-hybridized carbons (Fsp3) is 0.529. The quantitative estimate of drug-likeness (QED) is 0.933. The van der Waals surface area contributed by atoms with Gasteiger partial charge in [0.15, 0.2) is 10.8 Å². The third-order valence-electron chi connectivity index (χ3n) is 4.46. The van der Waals surface area contributed by atoms with Crippen LogP contribution >= 0.6 is 11.3 Å². The second-order valence-corrected chi connectivity index (χ2v) is 7.05. The van der Waals surface area contributed by atoms with Crippen molar-refractivity contribution in [3.05, 3.63) is 29.0 Å². The molecular weight excluding hydrogens is 312 g/mol. The first-order valence-electron chi connectivity index (χ1n) is 8.00. The zero-order valence-electron chi connectivity index (χ0n) is 13.5. The Morgan fingerprint density at radius 2 is 2.35 bits per heavy atom. The predicted molar refractivity (Wildman–Crippen MR) is 89.2 cm³/mol. The lowest BCUT2D eigenvalue weighted by Gasteiger charge is -2.39. The number of nitrogens with zero attached hydrogens (tertiary/aromatic N) is 2. The minimum Gasteiger partial charge on any atom is -0.459 e. The first-order chi connectivity index (χ1) is 11.1. The van der Waals surface area contributed by atoms with E-state index in [2.05, 4.69) is 11.9 Å². The van der Waals surface area contributed by atoms with Gasteiger partial charge in [0, 0.05) is 11.9 Å². The van der Waals surface area contributed by atoms with E-state index in [1.165, 1.54) is 11.3 Å². The molecule has 1 saturated heterocycles. The highest BCUT2D eigenvalue weighted by atomic mass is 32.1. The molecular formula is C17H22N2O3S. The molecule has 0 saturated carbocycles. The van der Waals surface area contributed by atoms with E-state index < -0.39 is 0 Å². The predicted octanol–water partition coefficient (Wildman–Crippen LogP) is 2.87. The maximum atomic E-state index is 12.6. The maximum Gasteiger partial charge on any atom is 0.228 e. The lowest BCUT2D eigenvalue weighted by atomic mass is 9.91. The van der Waals surface area contributed by atoms with Crippen LogP contribution < -0.4 is 0 Å². The Morgan fingerprint density at radius 3 is 3.04 bits per heavy atom. The van der Waals surface area contributed by atoms with E-state index in [9.17, 15) is 9.90 Å². The number of amides is 1. The van der Waals surface area contributed by atoms with Crippen LogP contribution in [-0.2, 0) is 11.2 Å². The number of hydrogen-bond acceptors (Lipinski definition) is 5. The third-order valence-corrected chi connectivity index (χ3v) is 5.36. The second-order valence-electron chi connectivity index (χ2n) is 6.19. The van der Waals surface area contributed by atoms with Crippen LogP contribution in [0.1, 0.15) is 31.2 Å². The van der Waals surface area contributed by atoms with Gasteiger partial charge in [-0.1, -0.05) is 6.92 Å². The minimum absolute atomic E-state index is 0.0287. The van der Waals surface area contributed by atoms with Crippen LogP contribution in [0.4, 0.5) is 0 Å². The fourth-order valence-corrected chi connectivity index (χ4v) is 3.92. The number of thiazole rings is 1. The van der Waals surface area contributed by atoms with Gasteiger partial charge in [-0.2, -0.15) is 0 Å². The van der Waals surface area contributed by atoms with Crippen LogP contribution in [0.2, 0.25) is 0 Å². The van der Waals surface area contributed by atoms with Crippen molar-refractivity contribution in [2.75, 3.05) is 13.2 Å². The van der Waals surface area contributed by atoms with E-state index in [0.717, 1.165) is 41.6 Å². The van der Waals surface area contributed by atoms with Crippen molar-refractivity contribution >= 4 is 17.2 Å². The Kier molecular flexibility index (Phi) is 4.82. The molecule has 2 aromatic rings. The lowest BCUT2D eigenvalue weighted by molar-refractivity contribution is -0.136. The van der Waals surface area contributed by atoms with Crippen LogP contribution in [0, 0.1) is 12.8 Å². The molecule has 0 spiro atoms. The lowest BCUT2D eigenvalue weighted by Crippen LogP contribution is -2.50. The molecule has 0 radical (unpaired) electrons. The summed E-state index contributed by atoms with van der Waals surface area (Å²) in [7, 11) is 0. The number of aryl methyl sites for hydroxylation is 1. The molecule has 3 heterocycles. The van der Waals surface area contributed by atoms with Crippen molar-refractivity contribution in [1.82, 2.24) is 9.88 Å². The van der Waals surface area contributed by atoms with E-state index in [0.29, 0.717) is 5.92 Å². The zero-order valence-corrected chi connectivity index (χ0v) is 14.3. The summed E-state index contributed by atoms with van der Waals surface area (Å²) in [6.07, 6.45) is 2.34. The molecule has 0 bridgehead atoms. The summed E-state index contributed by atoms with van der Waals surface area (Å²) in [5.41, 5.74) is 0.763. The van der Waals surface area contributed by atoms with Gasteiger partial charge in [-0.25, -0.2) is 4.98 Å². The molecule has 0 aliphatic carbocycles. The molecule has 2 aromatic heterocycles. The number of piperidine rings is 1. The maximum absolute atomic E-state index is 12.6. The molecule has 1 aliphatic heterocycles. The topological polar surface area (TPSA) is 66.6 Å². The number of aliphatic hydroxyl groups excluding tert-OH is 1. The molecule has 23 heavy (non-hydrogen) atoms. The summed E-state index contributed by atoms with van der Waals surface area (Å²) < 4.78 is 5.57. The summed E-state index contributed by atoms with van der Waals surface area (Å²) >= 11 is 1.49. The number of carbonyl (C=O) groups is 1. The van der Waals surface area contributed by atoms with Gasteiger partial charge in [-0.05, 0) is 37.8 Å². The number of aromatic nitrogens is 1. The van der Waals surface area contributed by atoms with Gasteiger partial charge in [-0.3, -0.25) is 4.79 Å². The SMILES string of the molecule is Cc1ccc(-c2nc(CC(=O)N3CCCC(C)C3CO)cs2)o1. The molecule has 0 aromatic carbocycles. The van der Waals surface area contributed by atoms with E-state index >= 15 is 0 Å². The number of hydrogen-bond donors (Lipinski definition) is 1. The molecule has 5 nitrogen and oxygen atoms in total. The Balaban J connectivity index is 1.69. The molecule has 2 unspecified atom stereocenters. The van der Waals surface area contributed by atoms with Gasteiger partial charge in [0.2, 0.25) is 5.91 Å². The van der Waals surface area contributed by atoms with Gasteiger partial charge in [-0.15, -0.1) is 11.3 Å². The van der Waals surface area contributed by atoms with E-state index in [1.807, 2.05) is 29.3 Å². The molecule has 3 rings (SSSR count).